The van der Waals surface area contributed by atoms with Gasteiger partial charge >= 0.3 is 17.9 Å². The van der Waals surface area contributed by atoms with Gasteiger partial charge in [0.15, 0.2) is 6.10 Å². The Morgan fingerprint density at radius 2 is 0.609 bits per heavy atom. The fourth-order valence-corrected chi connectivity index (χ4v) is 8.04. The Hall–Kier alpha value is -2.63. The summed E-state index contributed by atoms with van der Waals surface area (Å²) in [6.07, 6.45) is 63.8. The Labute approximate surface area is 397 Å². The van der Waals surface area contributed by atoms with E-state index in [-0.39, 0.29) is 31.1 Å². The third-order valence-corrected chi connectivity index (χ3v) is 12.2. The average molecular weight is 897 g/mol. The second-order valence-corrected chi connectivity index (χ2v) is 18.6. The molecule has 0 fully saturated rings. The number of hydrogen-bond acceptors (Lipinski definition) is 6. The smallest absolute Gasteiger partial charge is 0.306 e. The lowest BCUT2D eigenvalue weighted by atomic mass is 10.0. The van der Waals surface area contributed by atoms with Gasteiger partial charge in [0, 0.05) is 19.3 Å². The molecule has 1 unspecified atom stereocenters. The van der Waals surface area contributed by atoms with Crippen LogP contribution in [0.25, 0.3) is 0 Å². The first-order chi connectivity index (χ1) is 31.5. The summed E-state index contributed by atoms with van der Waals surface area (Å²) in [4.78, 5) is 38.0. The van der Waals surface area contributed by atoms with Gasteiger partial charge in [0.05, 0.1) is 0 Å². The van der Waals surface area contributed by atoms with Gasteiger partial charge in [-0.2, -0.15) is 0 Å². The molecule has 0 N–H and O–H groups in total. The summed E-state index contributed by atoms with van der Waals surface area (Å²) in [6, 6.07) is 0. The predicted octanol–water partition coefficient (Wildman–Crippen LogP) is 18.3. The second kappa shape index (κ2) is 53.0. The lowest BCUT2D eigenvalue weighted by molar-refractivity contribution is -0.167. The molecule has 1 atom stereocenters. The molecule has 6 heteroatoms. The lowest BCUT2D eigenvalue weighted by Crippen LogP contribution is -2.30. The maximum atomic E-state index is 12.8. The van der Waals surface area contributed by atoms with Crippen LogP contribution in [0.2, 0.25) is 0 Å². The van der Waals surface area contributed by atoms with Gasteiger partial charge in [-0.15, -0.1) is 0 Å². The van der Waals surface area contributed by atoms with Crippen LogP contribution in [0.5, 0.6) is 0 Å². The molecule has 0 aromatic heterocycles. The van der Waals surface area contributed by atoms with Gasteiger partial charge in [-0.25, -0.2) is 0 Å². The van der Waals surface area contributed by atoms with Crippen molar-refractivity contribution in [2.45, 2.75) is 290 Å². The van der Waals surface area contributed by atoms with Crippen LogP contribution < -0.4 is 0 Å². The Balaban J connectivity index is 4.33. The molecule has 372 valence electrons. The number of rotatable bonds is 50. The van der Waals surface area contributed by atoms with Crippen molar-refractivity contribution >= 4 is 17.9 Å². The molecule has 64 heavy (non-hydrogen) atoms. The molecule has 0 saturated carbocycles. The summed E-state index contributed by atoms with van der Waals surface area (Å²) in [5.41, 5.74) is 0. The standard InChI is InChI=1S/C58H104O6/c1-4-7-10-13-16-19-22-25-27-28-29-30-32-33-36-39-42-45-48-51-57(60)63-54-55(53-62-56(59)50-47-44-41-38-35-24-21-18-15-12-9-6-3)64-58(61)52-49-46-43-40-37-34-31-26-23-20-17-14-11-8-5-2/h8,11,14,17,20,23,26,31,55H,4-7,9-10,12-13,15-16,18-19,21-22,24-25,27-30,32-54H2,1-3H3/b11-8-,17-14-,23-20-,31-26-. The van der Waals surface area contributed by atoms with Crippen molar-refractivity contribution in [3.8, 4) is 0 Å². The Bertz CT molecular complexity index is 1120. The SMILES string of the molecule is CC\C=C/C=C\C=C/C=C\CCCCCCCC(=O)OC(COC(=O)CCCCCCCCCCCCCC)COC(=O)CCCCCCCCCCCCCCCCCCCCC. The molecular formula is C58H104O6. The molecule has 0 aromatic rings. The zero-order valence-corrected chi connectivity index (χ0v) is 42.6. The highest BCUT2D eigenvalue weighted by Crippen LogP contribution is 2.17. The van der Waals surface area contributed by atoms with Gasteiger partial charge in [-0.1, -0.05) is 275 Å². The van der Waals surface area contributed by atoms with Crippen molar-refractivity contribution in [3.63, 3.8) is 0 Å². The van der Waals surface area contributed by atoms with E-state index in [2.05, 4.69) is 51.2 Å². The van der Waals surface area contributed by atoms with Gasteiger partial charge < -0.3 is 14.2 Å². The van der Waals surface area contributed by atoms with E-state index in [0.29, 0.717) is 19.3 Å². The van der Waals surface area contributed by atoms with Crippen LogP contribution in [0.4, 0.5) is 0 Å². The van der Waals surface area contributed by atoms with Crippen molar-refractivity contribution in [2.24, 2.45) is 0 Å². The fraction of sp³-hybridized carbons (Fsp3) is 0.810. The highest BCUT2D eigenvalue weighted by atomic mass is 16.6. The number of hydrogen-bond donors (Lipinski definition) is 0. The monoisotopic (exact) mass is 897 g/mol. The summed E-state index contributed by atoms with van der Waals surface area (Å²) < 4.78 is 16.8. The van der Waals surface area contributed by atoms with Crippen molar-refractivity contribution in [2.75, 3.05) is 13.2 Å². The molecule has 0 saturated heterocycles. The van der Waals surface area contributed by atoms with E-state index in [1.807, 2.05) is 18.2 Å². The molecule has 0 spiro atoms. The first-order valence-electron chi connectivity index (χ1n) is 27.7. The second-order valence-electron chi connectivity index (χ2n) is 18.6. The minimum absolute atomic E-state index is 0.0789. The summed E-state index contributed by atoms with van der Waals surface area (Å²) in [5.74, 6) is -0.889. The molecule has 6 nitrogen and oxygen atoms in total. The Morgan fingerprint density at radius 1 is 0.328 bits per heavy atom. The highest BCUT2D eigenvalue weighted by molar-refractivity contribution is 5.71. The normalized spacial score (nSPS) is 12.4. The molecule has 0 radical (unpaired) electrons. The quantitative estimate of drug-likeness (QED) is 0.0262. The van der Waals surface area contributed by atoms with Crippen LogP contribution in [-0.4, -0.2) is 37.2 Å². The molecule has 0 aromatic carbocycles. The minimum Gasteiger partial charge on any atom is -0.462 e. The fourth-order valence-electron chi connectivity index (χ4n) is 8.04. The third kappa shape index (κ3) is 50.4. The minimum atomic E-state index is -0.781. The maximum absolute atomic E-state index is 12.8. The van der Waals surface area contributed by atoms with Crippen LogP contribution in [0.15, 0.2) is 48.6 Å². The van der Waals surface area contributed by atoms with E-state index in [1.165, 1.54) is 161 Å². The van der Waals surface area contributed by atoms with Gasteiger partial charge in [-0.05, 0) is 38.5 Å². The van der Waals surface area contributed by atoms with Crippen LogP contribution in [0.3, 0.4) is 0 Å². The number of carbonyl (C=O) groups is 3. The number of esters is 3. The van der Waals surface area contributed by atoms with E-state index in [1.54, 1.807) is 0 Å². The highest BCUT2D eigenvalue weighted by Gasteiger charge is 2.19. The van der Waals surface area contributed by atoms with Gasteiger partial charge in [0.25, 0.3) is 0 Å². The van der Waals surface area contributed by atoms with E-state index < -0.39 is 6.10 Å². The van der Waals surface area contributed by atoms with E-state index in [4.69, 9.17) is 14.2 Å². The number of unbranched alkanes of at least 4 members (excludes halogenated alkanes) is 34. The number of carbonyl (C=O) groups excluding carboxylic acids is 3. The molecule has 0 bridgehead atoms. The zero-order valence-electron chi connectivity index (χ0n) is 42.6. The largest absolute Gasteiger partial charge is 0.462 e. The van der Waals surface area contributed by atoms with Crippen molar-refractivity contribution in [1.82, 2.24) is 0 Å². The van der Waals surface area contributed by atoms with Gasteiger partial charge in [-0.3, -0.25) is 14.4 Å². The van der Waals surface area contributed by atoms with Crippen LogP contribution >= 0.6 is 0 Å². The average Bonchev–Trinajstić information content (AvgIpc) is 3.29. The first-order valence-corrected chi connectivity index (χ1v) is 27.7. The number of ether oxygens (including phenoxy) is 3. The molecule has 0 amide bonds. The summed E-state index contributed by atoms with van der Waals surface area (Å²) in [5, 5.41) is 0. The Morgan fingerprint density at radius 3 is 0.953 bits per heavy atom. The lowest BCUT2D eigenvalue weighted by Gasteiger charge is -2.18. The van der Waals surface area contributed by atoms with Gasteiger partial charge in [0.2, 0.25) is 0 Å². The molecule has 0 aliphatic rings. The van der Waals surface area contributed by atoms with Crippen LogP contribution in [-0.2, 0) is 28.6 Å². The summed E-state index contributed by atoms with van der Waals surface area (Å²) in [7, 11) is 0. The molecule has 0 rings (SSSR count). The third-order valence-electron chi connectivity index (χ3n) is 12.2. The van der Waals surface area contributed by atoms with Gasteiger partial charge in [0.1, 0.15) is 13.2 Å². The molecule has 0 heterocycles. The summed E-state index contributed by atoms with van der Waals surface area (Å²) >= 11 is 0. The van der Waals surface area contributed by atoms with Crippen LogP contribution in [0.1, 0.15) is 284 Å². The molecule has 0 aliphatic heterocycles. The van der Waals surface area contributed by atoms with E-state index in [9.17, 15) is 14.4 Å². The first kappa shape index (κ1) is 61.4. The van der Waals surface area contributed by atoms with Crippen LogP contribution in [0, 0.1) is 0 Å². The molecular weight excluding hydrogens is 793 g/mol. The zero-order chi connectivity index (χ0) is 46.5. The predicted molar refractivity (Wildman–Crippen MR) is 275 cm³/mol. The maximum Gasteiger partial charge on any atom is 0.306 e. The molecule has 0 aliphatic carbocycles. The van der Waals surface area contributed by atoms with Crippen molar-refractivity contribution < 1.29 is 28.6 Å². The Kier molecular flexibility index (Phi) is 50.8. The van der Waals surface area contributed by atoms with Crippen molar-refractivity contribution in [3.05, 3.63) is 48.6 Å². The number of allylic oxidation sites excluding steroid dienone is 8. The van der Waals surface area contributed by atoms with E-state index in [0.717, 1.165) is 83.5 Å². The van der Waals surface area contributed by atoms with Crippen molar-refractivity contribution in [1.29, 1.82) is 0 Å². The van der Waals surface area contributed by atoms with E-state index >= 15 is 0 Å². The topological polar surface area (TPSA) is 78.9 Å². The summed E-state index contributed by atoms with van der Waals surface area (Å²) in [6.45, 7) is 6.51.